The summed E-state index contributed by atoms with van der Waals surface area (Å²) in [7, 11) is 1.55. The molecular weight excluding hydrogens is 580 g/mol. The zero-order valence-electron chi connectivity index (χ0n) is 25.8. The van der Waals surface area contributed by atoms with Gasteiger partial charge in [0.15, 0.2) is 0 Å². The van der Waals surface area contributed by atoms with Crippen LogP contribution >= 0.6 is 0 Å². The second-order valence-corrected chi connectivity index (χ2v) is 12.5. The average molecular weight is 625 g/mol. The first-order valence-corrected chi connectivity index (χ1v) is 16.1. The third-order valence-electron chi connectivity index (χ3n) is 9.19. The fourth-order valence-electron chi connectivity index (χ4n) is 6.54. The zero-order valence-corrected chi connectivity index (χ0v) is 25.8. The van der Waals surface area contributed by atoms with Crippen LogP contribution in [-0.2, 0) is 28.7 Å². The largest absolute Gasteiger partial charge is 0.479 e. The van der Waals surface area contributed by atoms with Crippen molar-refractivity contribution in [2.75, 3.05) is 20.3 Å². The van der Waals surface area contributed by atoms with Crippen LogP contribution in [0, 0.1) is 5.92 Å². The van der Waals surface area contributed by atoms with Gasteiger partial charge in [0.25, 0.3) is 0 Å². The summed E-state index contributed by atoms with van der Waals surface area (Å²) in [6.07, 6.45) is 9.86. The van der Waals surface area contributed by atoms with Gasteiger partial charge in [0, 0.05) is 25.0 Å². The Kier molecular flexibility index (Phi) is 10.7. The fraction of sp³-hybridized carbons (Fsp3) is 0.606. The standard InChI is InChI=1S/C33H44N4O8/c1-43-21-27(22-12-6-5-7-13-22)36-45-25-18-28-29(38)35-33(31(40)41)19-23(33)14-8-3-2-4-9-17-26(30(39)37(28)20-25)34-32(42)44-24-15-10-11-16-24/h5-8,12-14,23-26,28H,2-4,9-11,15-21H2,1H3,(H,34,42)(H,35,38)(H,40,41)/b14-8-,36-27+/t23?,25-,26+,28+,33-/m1/s1. The Morgan fingerprint density at radius 1 is 1.07 bits per heavy atom. The number of ether oxygens (including phenoxy) is 2. The van der Waals surface area contributed by atoms with Gasteiger partial charge in [-0.3, -0.25) is 9.59 Å². The number of nitrogens with one attached hydrogen (secondary N) is 2. The van der Waals surface area contributed by atoms with E-state index in [0.29, 0.717) is 18.6 Å². The summed E-state index contributed by atoms with van der Waals surface area (Å²) in [5.41, 5.74) is -0.0615. The van der Waals surface area contributed by atoms with Crippen LogP contribution < -0.4 is 10.6 Å². The number of methoxy groups -OCH3 is 1. The summed E-state index contributed by atoms with van der Waals surface area (Å²) in [6, 6.07) is 7.47. The number of carbonyl (C=O) groups excluding carboxylic acids is 3. The first-order valence-electron chi connectivity index (χ1n) is 16.1. The molecule has 2 aliphatic carbocycles. The van der Waals surface area contributed by atoms with E-state index in [-0.39, 0.29) is 38.0 Å². The molecule has 3 fully saturated rings. The normalized spacial score (nSPS) is 30.2. The monoisotopic (exact) mass is 624 g/mol. The van der Waals surface area contributed by atoms with Crippen molar-refractivity contribution in [3.05, 3.63) is 48.0 Å². The predicted octanol–water partition coefficient (Wildman–Crippen LogP) is 3.54. The van der Waals surface area contributed by atoms with E-state index in [2.05, 4.69) is 15.8 Å². The van der Waals surface area contributed by atoms with Crippen molar-refractivity contribution in [1.82, 2.24) is 15.5 Å². The molecule has 0 spiro atoms. The van der Waals surface area contributed by atoms with E-state index < -0.39 is 47.6 Å². The molecule has 0 aromatic heterocycles. The van der Waals surface area contributed by atoms with Gasteiger partial charge in [0.2, 0.25) is 11.8 Å². The second kappa shape index (κ2) is 14.9. The van der Waals surface area contributed by atoms with Crippen molar-refractivity contribution in [3.63, 3.8) is 0 Å². The van der Waals surface area contributed by atoms with Gasteiger partial charge in [0.1, 0.15) is 35.5 Å². The number of fused-ring (bicyclic) bond motifs is 2. The summed E-state index contributed by atoms with van der Waals surface area (Å²) in [5.74, 6) is -2.43. The van der Waals surface area contributed by atoms with Crippen molar-refractivity contribution >= 4 is 29.6 Å². The topological polar surface area (TPSA) is 156 Å². The highest BCUT2D eigenvalue weighted by atomic mass is 16.6. The lowest BCUT2D eigenvalue weighted by molar-refractivity contribution is -0.145. The number of rotatable bonds is 8. The maximum Gasteiger partial charge on any atom is 0.408 e. The van der Waals surface area contributed by atoms with E-state index in [1.54, 1.807) is 7.11 Å². The maximum absolute atomic E-state index is 14.1. The molecular formula is C33H44N4O8. The fourth-order valence-corrected chi connectivity index (χ4v) is 6.54. The summed E-state index contributed by atoms with van der Waals surface area (Å²) >= 11 is 0. The molecule has 45 heavy (non-hydrogen) atoms. The van der Waals surface area contributed by atoms with Crippen LogP contribution in [0.4, 0.5) is 4.79 Å². The third-order valence-corrected chi connectivity index (χ3v) is 9.19. The molecule has 5 atom stereocenters. The number of oxime groups is 1. The van der Waals surface area contributed by atoms with Gasteiger partial charge in [-0.05, 0) is 51.4 Å². The molecule has 2 heterocycles. The highest BCUT2D eigenvalue weighted by Gasteiger charge is 2.61. The highest BCUT2D eigenvalue weighted by Crippen LogP contribution is 2.45. The van der Waals surface area contributed by atoms with Crippen molar-refractivity contribution in [2.24, 2.45) is 11.1 Å². The van der Waals surface area contributed by atoms with E-state index in [9.17, 15) is 24.3 Å². The van der Waals surface area contributed by atoms with Gasteiger partial charge in [-0.1, -0.05) is 60.5 Å². The number of carboxylic acids is 1. The molecule has 244 valence electrons. The maximum atomic E-state index is 14.1. The van der Waals surface area contributed by atoms with Gasteiger partial charge in [0.05, 0.1) is 13.2 Å². The Morgan fingerprint density at radius 2 is 1.82 bits per heavy atom. The number of alkyl carbamates (subject to hydrolysis) is 1. The summed E-state index contributed by atoms with van der Waals surface area (Å²) in [5, 5.41) is 20.0. The van der Waals surface area contributed by atoms with Gasteiger partial charge < -0.3 is 35.0 Å². The molecule has 3 amide bonds. The first-order chi connectivity index (χ1) is 21.8. The van der Waals surface area contributed by atoms with E-state index in [4.69, 9.17) is 14.3 Å². The number of hydrogen-bond acceptors (Lipinski definition) is 8. The molecule has 1 saturated heterocycles. The molecule has 0 radical (unpaired) electrons. The quantitative estimate of drug-likeness (QED) is 0.225. The smallest absolute Gasteiger partial charge is 0.408 e. The van der Waals surface area contributed by atoms with Crippen LogP contribution in [0.2, 0.25) is 0 Å². The molecule has 12 nitrogen and oxygen atoms in total. The summed E-state index contributed by atoms with van der Waals surface area (Å²) < 4.78 is 10.9. The number of hydrogen-bond donors (Lipinski definition) is 3. The molecule has 1 unspecified atom stereocenters. The Bertz CT molecular complexity index is 1280. The van der Waals surface area contributed by atoms with Crippen LogP contribution in [0.3, 0.4) is 0 Å². The second-order valence-electron chi connectivity index (χ2n) is 12.5. The molecule has 2 saturated carbocycles. The number of carboxylic acid groups (broad SMARTS) is 1. The highest BCUT2D eigenvalue weighted by molar-refractivity contribution is 6.01. The molecule has 1 aromatic rings. The lowest BCUT2D eigenvalue weighted by Gasteiger charge is -2.29. The summed E-state index contributed by atoms with van der Waals surface area (Å²) in [4.78, 5) is 60.4. The lowest BCUT2D eigenvalue weighted by atomic mass is 10.0. The molecule has 12 heteroatoms. The van der Waals surface area contributed by atoms with Crippen molar-refractivity contribution in [2.45, 2.75) is 100 Å². The molecule has 2 aliphatic heterocycles. The minimum Gasteiger partial charge on any atom is -0.479 e. The van der Waals surface area contributed by atoms with E-state index in [1.165, 1.54) is 4.90 Å². The van der Waals surface area contributed by atoms with Crippen molar-refractivity contribution < 1.29 is 38.6 Å². The van der Waals surface area contributed by atoms with E-state index in [0.717, 1.165) is 50.5 Å². The molecule has 5 rings (SSSR count). The summed E-state index contributed by atoms with van der Waals surface area (Å²) in [6.45, 7) is 0.225. The number of nitrogens with zero attached hydrogens (tertiary/aromatic N) is 2. The molecule has 3 N–H and O–H groups in total. The Morgan fingerprint density at radius 3 is 2.56 bits per heavy atom. The SMILES string of the molecule is COC/C(=N\O[C@@H]1C[C@H]2C(=O)N[C@]3(C(=O)O)CC3/C=C\CCCCC[C@H](NC(=O)OC3CCCC3)C(=O)N2C1)c1ccccc1. The van der Waals surface area contributed by atoms with Crippen LogP contribution in [0.25, 0.3) is 0 Å². The minimum absolute atomic E-state index is 0.0364. The predicted molar refractivity (Wildman–Crippen MR) is 164 cm³/mol. The first kappa shape index (κ1) is 32.5. The van der Waals surface area contributed by atoms with Gasteiger partial charge in [-0.25, -0.2) is 9.59 Å². The van der Waals surface area contributed by atoms with Crippen molar-refractivity contribution in [1.29, 1.82) is 0 Å². The van der Waals surface area contributed by atoms with Gasteiger partial charge in [-0.15, -0.1) is 0 Å². The van der Waals surface area contributed by atoms with Gasteiger partial charge >= 0.3 is 12.1 Å². The minimum atomic E-state index is -1.42. The Hall–Kier alpha value is -3.93. The van der Waals surface area contributed by atoms with Gasteiger partial charge in [-0.2, -0.15) is 0 Å². The van der Waals surface area contributed by atoms with Crippen LogP contribution in [0.5, 0.6) is 0 Å². The average Bonchev–Trinajstić information content (AvgIpc) is 3.33. The van der Waals surface area contributed by atoms with E-state index in [1.807, 2.05) is 42.5 Å². The molecule has 0 bridgehead atoms. The molecule has 4 aliphatic rings. The Labute approximate surface area is 263 Å². The number of carbonyl (C=O) groups is 4. The molecule has 1 aromatic carbocycles. The Balaban J connectivity index is 1.38. The van der Waals surface area contributed by atoms with E-state index >= 15 is 0 Å². The van der Waals surface area contributed by atoms with Crippen LogP contribution in [-0.4, -0.2) is 89.7 Å². The zero-order chi connectivity index (χ0) is 31.8. The van der Waals surface area contributed by atoms with Crippen molar-refractivity contribution in [3.8, 4) is 0 Å². The third kappa shape index (κ3) is 8.02. The van der Waals surface area contributed by atoms with Crippen LogP contribution in [0.15, 0.2) is 47.6 Å². The number of allylic oxidation sites excluding steroid dienone is 1. The van der Waals surface area contributed by atoms with Crippen LogP contribution in [0.1, 0.15) is 76.2 Å². The number of aliphatic carboxylic acids is 1. The number of benzene rings is 1. The number of amides is 3. The lowest BCUT2D eigenvalue weighted by Crippen LogP contribution is -2.56.